The molecule has 0 fully saturated rings. The van der Waals surface area contributed by atoms with E-state index >= 15 is 0 Å². The zero-order valence-corrected chi connectivity index (χ0v) is 15.5. The fourth-order valence-electron chi connectivity index (χ4n) is 2.86. The molecule has 0 bridgehead atoms. The van der Waals surface area contributed by atoms with Crippen molar-refractivity contribution >= 4 is 23.1 Å². The predicted octanol–water partition coefficient (Wildman–Crippen LogP) is 4.57. The molecule has 0 atom stereocenters. The monoisotopic (exact) mass is 388 g/mol. The van der Waals surface area contributed by atoms with E-state index in [2.05, 4.69) is 0 Å². The molecule has 8 heteroatoms. The van der Waals surface area contributed by atoms with Gasteiger partial charge < -0.3 is 13.7 Å². The van der Waals surface area contributed by atoms with Crippen LogP contribution in [0.1, 0.15) is 27.5 Å². The number of furan rings is 1. The average molecular weight is 389 g/mol. The van der Waals surface area contributed by atoms with Crippen LogP contribution in [0.15, 0.2) is 47.1 Å². The maximum atomic E-state index is 12.6. The van der Waals surface area contributed by atoms with Gasteiger partial charge in [0.2, 0.25) is 5.78 Å². The number of Topliss-reactive ketones (excluding diaryl/α,β-unsaturated/α-hetero) is 1. The first-order valence-electron chi connectivity index (χ1n) is 8.16. The minimum absolute atomic E-state index is 0.00198. The van der Waals surface area contributed by atoms with Gasteiger partial charge in [0.25, 0.3) is 0 Å². The van der Waals surface area contributed by atoms with Gasteiger partial charge in [-0.2, -0.15) is 0 Å². The van der Waals surface area contributed by atoms with Gasteiger partial charge in [-0.1, -0.05) is 11.6 Å². The van der Waals surface area contributed by atoms with Crippen molar-refractivity contribution in [3.8, 4) is 5.75 Å². The number of aryl methyl sites for hydroxylation is 1. The van der Waals surface area contributed by atoms with Crippen molar-refractivity contribution in [2.24, 2.45) is 0 Å². The highest BCUT2D eigenvalue weighted by Gasteiger charge is 2.20. The number of nitro groups is 1. The molecule has 0 spiro atoms. The summed E-state index contributed by atoms with van der Waals surface area (Å²) in [5.74, 6) is 0.518. The summed E-state index contributed by atoms with van der Waals surface area (Å²) < 4.78 is 12.7. The van der Waals surface area contributed by atoms with Crippen LogP contribution in [-0.4, -0.2) is 21.9 Å². The number of nitro benzene ring substituents is 1. The van der Waals surface area contributed by atoms with E-state index in [0.29, 0.717) is 12.1 Å². The number of benzene rings is 1. The second kappa shape index (κ2) is 7.67. The lowest BCUT2D eigenvalue weighted by atomic mass is 10.1. The second-order valence-corrected chi connectivity index (χ2v) is 6.47. The highest BCUT2D eigenvalue weighted by molar-refractivity contribution is 6.30. The lowest BCUT2D eigenvalue weighted by Gasteiger charge is -2.09. The van der Waals surface area contributed by atoms with Crippen molar-refractivity contribution in [1.82, 2.24) is 4.57 Å². The van der Waals surface area contributed by atoms with Crippen LogP contribution in [0.3, 0.4) is 0 Å². The molecule has 2 aromatic heterocycles. The summed E-state index contributed by atoms with van der Waals surface area (Å²) in [6, 6.07) is 9.50. The number of halogens is 1. The van der Waals surface area contributed by atoms with Gasteiger partial charge in [-0.15, -0.1) is 0 Å². The normalized spacial score (nSPS) is 10.8. The molecule has 0 aliphatic heterocycles. The molecule has 0 aliphatic rings. The molecule has 3 rings (SSSR count). The first kappa shape index (κ1) is 18.7. The summed E-state index contributed by atoms with van der Waals surface area (Å²) in [4.78, 5) is 23.1. The molecule has 0 unspecified atom stereocenters. The van der Waals surface area contributed by atoms with Crippen LogP contribution < -0.4 is 4.74 Å². The molecule has 0 amide bonds. The molecular weight excluding hydrogens is 372 g/mol. The molecule has 140 valence electrons. The van der Waals surface area contributed by atoms with E-state index in [0.717, 1.165) is 17.1 Å². The topological polar surface area (TPSA) is 87.5 Å². The molecule has 1 aromatic carbocycles. The van der Waals surface area contributed by atoms with Crippen molar-refractivity contribution in [3.63, 3.8) is 0 Å². The third-order valence-corrected chi connectivity index (χ3v) is 4.48. The summed E-state index contributed by atoms with van der Waals surface area (Å²) in [6.45, 7) is 3.94. The van der Waals surface area contributed by atoms with E-state index in [4.69, 9.17) is 20.8 Å². The van der Waals surface area contributed by atoms with E-state index in [-0.39, 0.29) is 28.8 Å². The van der Waals surface area contributed by atoms with Gasteiger partial charge in [0.15, 0.2) is 12.4 Å². The van der Waals surface area contributed by atoms with Gasteiger partial charge in [0.1, 0.15) is 5.76 Å². The van der Waals surface area contributed by atoms with Gasteiger partial charge in [0.05, 0.1) is 17.7 Å². The average Bonchev–Trinajstić information content (AvgIpc) is 3.24. The van der Waals surface area contributed by atoms with Crippen molar-refractivity contribution in [2.75, 3.05) is 6.61 Å². The molecule has 0 aliphatic carbocycles. The maximum Gasteiger partial charge on any atom is 0.312 e. The Morgan fingerprint density at radius 2 is 2.07 bits per heavy atom. The van der Waals surface area contributed by atoms with Crippen LogP contribution in [-0.2, 0) is 6.54 Å². The molecule has 0 saturated heterocycles. The van der Waals surface area contributed by atoms with E-state index in [1.165, 1.54) is 18.2 Å². The smallest absolute Gasteiger partial charge is 0.312 e. The summed E-state index contributed by atoms with van der Waals surface area (Å²) in [5.41, 5.74) is 1.92. The van der Waals surface area contributed by atoms with Gasteiger partial charge in [-0.3, -0.25) is 14.9 Å². The Hall–Kier alpha value is -3.06. The zero-order chi connectivity index (χ0) is 19.6. The molecule has 0 saturated carbocycles. The van der Waals surface area contributed by atoms with Crippen LogP contribution in [0.25, 0.3) is 0 Å². The van der Waals surface area contributed by atoms with Crippen molar-refractivity contribution < 1.29 is 18.9 Å². The minimum Gasteiger partial charge on any atom is -0.478 e. The summed E-state index contributed by atoms with van der Waals surface area (Å²) in [5, 5.41) is 11.3. The SMILES string of the molecule is Cc1cc(C(=O)COc2ccc(Cl)cc2[N+](=O)[O-])c(C)n1Cc1ccco1. The Kier molecular flexibility index (Phi) is 5.32. The standard InChI is InChI=1S/C19H17ClN2O5/c1-12-8-16(13(2)21(12)10-15-4-3-7-26-15)18(23)11-27-19-6-5-14(20)9-17(19)22(24)25/h3-9H,10-11H2,1-2H3. The quantitative estimate of drug-likeness (QED) is 0.336. The number of hydrogen-bond acceptors (Lipinski definition) is 5. The van der Waals surface area contributed by atoms with Crippen LogP contribution >= 0.6 is 11.6 Å². The molecule has 0 N–H and O–H groups in total. The van der Waals surface area contributed by atoms with E-state index in [1.807, 2.05) is 30.5 Å². The van der Waals surface area contributed by atoms with Gasteiger partial charge in [-0.25, -0.2) is 0 Å². The van der Waals surface area contributed by atoms with Crippen LogP contribution in [0.4, 0.5) is 5.69 Å². The Bertz CT molecular complexity index is 992. The van der Waals surface area contributed by atoms with E-state index in [9.17, 15) is 14.9 Å². The largest absolute Gasteiger partial charge is 0.478 e. The Labute approximate surface area is 160 Å². The second-order valence-electron chi connectivity index (χ2n) is 6.03. The molecular formula is C19H17ClN2O5. The van der Waals surface area contributed by atoms with Gasteiger partial charge in [0, 0.05) is 28.0 Å². The third kappa shape index (κ3) is 4.03. The van der Waals surface area contributed by atoms with Crippen LogP contribution in [0.5, 0.6) is 5.75 Å². The number of hydrogen-bond donors (Lipinski definition) is 0. The highest BCUT2D eigenvalue weighted by atomic mass is 35.5. The zero-order valence-electron chi connectivity index (χ0n) is 14.8. The number of nitrogens with zero attached hydrogens (tertiary/aromatic N) is 2. The molecule has 0 radical (unpaired) electrons. The number of rotatable bonds is 7. The number of carbonyl (C=O) groups excluding carboxylic acids is 1. The highest BCUT2D eigenvalue weighted by Crippen LogP contribution is 2.30. The van der Waals surface area contributed by atoms with Gasteiger partial charge >= 0.3 is 5.69 Å². The van der Waals surface area contributed by atoms with E-state index < -0.39 is 4.92 Å². The maximum absolute atomic E-state index is 12.6. The number of aromatic nitrogens is 1. The lowest BCUT2D eigenvalue weighted by molar-refractivity contribution is -0.385. The van der Waals surface area contributed by atoms with E-state index in [1.54, 1.807) is 12.3 Å². The predicted molar refractivity (Wildman–Crippen MR) is 99.6 cm³/mol. The lowest BCUT2D eigenvalue weighted by Crippen LogP contribution is -2.13. The summed E-state index contributed by atoms with van der Waals surface area (Å²) in [6.07, 6.45) is 1.60. The van der Waals surface area contributed by atoms with Crippen LogP contribution in [0.2, 0.25) is 5.02 Å². The van der Waals surface area contributed by atoms with Crippen molar-refractivity contribution in [3.05, 3.63) is 80.5 Å². The Morgan fingerprint density at radius 1 is 1.30 bits per heavy atom. The Balaban J connectivity index is 1.77. The number of ketones is 1. The molecule has 7 nitrogen and oxygen atoms in total. The fraction of sp³-hybridized carbons (Fsp3) is 0.211. The summed E-state index contributed by atoms with van der Waals surface area (Å²) >= 11 is 5.78. The molecule has 3 aromatic rings. The van der Waals surface area contributed by atoms with Crippen molar-refractivity contribution in [1.29, 1.82) is 0 Å². The molecule has 27 heavy (non-hydrogen) atoms. The minimum atomic E-state index is -0.596. The third-order valence-electron chi connectivity index (χ3n) is 4.24. The Morgan fingerprint density at radius 3 is 2.74 bits per heavy atom. The van der Waals surface area contributed by atoms with Crippen molar-refractivity contribution in [2.45, 2.75) is 20.4 Å². The first-order valence-corrected chi connectivity index (χ1v) is 8.53. The number of ether oxygens (including phenoxy) is 1. The number of carbonyl (C=O) groups is 1. The first-order chi connectivity index (χ1) is 12.9. The van der Waals surface area contributed by atoms with Gasteiger partial charge in [-0.05, 0) is 44.2 Å². The van der Waals surface area contributed by atoms with Crippen LogP contribution in [0, 0.1) is 24.0 Å². The summed E-state index contributed by atoms with van der Waals surface area (Å²) in [7, 11) is 0. The molecule has 2 heterocycles. The fourth-order valence-corrected chi connectivity index (χ4v) is 3.03.